The molecule has 1 aromatic carbocycles. The van der Waals surface area contributed by atoms with Crippen LogP contribution in [0.15, 0.2) is 24.3 Å². The number of halogens is 1. The van der Waals surface area contributed by atoms with Gasteiger partial charge in [-0.3, -0.25) is 0 Å². The lowest BCUT2D eigenvalue weighted by Crippen LogP contribution is -2.30. The molecule has 0 saturated carbocycles. The lowest BCUT2D eigenvalue weighted by atomic mass is 10.0. The SMILES string of the molecule is CC(C)CC(C#N)NCCc1ccc(F)cc1. The van der Waals surface area contributed by atoms with Crippen LogP contribution in [-0.4, -0.2) is 12.6 Å². The standard InChI is InChI=1S/C14H19FN2/c1-11(2)9-14(10-16)17-8-7-12-3-5-13(15)6-4-12/h3-6,11,14,17H,7-9H2,1-2H3. The summed E-state index contributed by atoms with van der Waals surface area (Å²) < 4.78 is 12.7. The fourth-order valence-corrected chi connectivity index (χ4v) is 1.69. The first-order chi connectivity index (χ1) is 8.11. The summed E-state index contributed by atoms with van der Waals surface area (Å²) in [6.45, 7) is 4.95. The van der Waals surface area contributed by atoms with Crippen molar-refractivity contribution in [2.45, 2.75) is 32.7 Å². The molecule has 0 bridgehead atoms. The van der Waals surface area contributed by atoms with E-state index in [-0.39, 0.29) is 11.9 Å². The van der Waals surface area contributed by atoms with Gasteiger partial charge in [0, 0.05) is 6.54 Å². The van der Waals surface area contributed by atoms with Gasteiger partial charge in [-0.05, 0) is 36.5 Å². The molecule has 1 aromatic rings. The summed E-state index contributed by atoms with van der Waals surface area (Å²) in [4.78, 5) is 0. The van der Waals surface area contributed by atoms with Crippen LogP contribution in [0.25, 0.3) is 0 Å². The Kier molecular flexibility index (Phi) is 5.65. The van der Waals surface area contributed by atoms with Gasteiger partial charge in [-0.15, -0.1) is 0 Å². The summed E-state index contributed by atoms with van der Waals surface area (Å²) in [5.74, 6) is 0.300. The highest BCUT2D eigenvalue weighted by atomic mass is 19.1. The molecule has 1 rings (SSSR count). The van der Waals surface area contributed by atoms with Gasteiger partial charge in [-0.25, -0.2) is 4.39 Å². The summed E-state index contributed by atoms with van der Waals surface area (Å²) >= 11 is 0. The molecular weight excluding hydrogens is 215 g/mol. The molecule has 0 aliphatic rings. The summed E-state index contributed by atoms with van der Waals surface area (Å²) in [6.07, 6.45) is 1.68. The Morgan fingerprint density at radius 3 is 2.47 bits per heavy atom. The molecule has 2 nitrogen and oxygen atoms in total. The van der Waals surface area contributed by atoms with Crippen LogP contribution in [0.5, 0.6) is 0 Å². The Morgan fingerprint density at radius 1 is 1.29 bits per heavy atom. The van der Waals surface area contributed by atoms with E-state index in [0.717, 1.165) is 24.9 Å². The first kappa shape index (κ1) is 13.7. The zero-order chi connectivity index (χ0) is 12.7. The number of benzene rings is 1. The molecule has 0 aliphatic carbocycles. The first-order valence-corrected chi connectivity index (χ1v) is 5.99. The van der Waals surface area contributed by atoms with E-state index in [1.54, 1.807) is 12.1 Å². The van der Waals surface area contributed by atoms with Crippen LogP contribution < -0.4 is 5.32 Å². The highest BCUT2D eigenvalue weighted by Gasteiger charge is 2.08. The molecule has 1 atom stereocenters. The van der Waals surface area contributed by atoms with Crippen molar-refractivity contribution in [1.82, 2.24) is 5.32 Å². The minimum absolute atomic E-state index is 0.0875. The number of nitrogens with zero attached hydrogens (tertiary/aromatic N) is 1. The summed E-state index contributed by atoms with van der Waals surface area (Å²) in [6, 6.07) is 8.65. The maximum Gasteiger partial charge on any atom is 0.123 e. The molecular formula is C14H19FN2. The third kappa shape index (κ3) is 5.46. The maximum absolute atomic E-state index is 12.7. The van der Waals surface area contributed by atoms with Crippen molar-refractivity contribution in [3.8, 4) is 6.07 Å². The van der Waals surface area contributed by atoms with Gasteiger partial charge in [0.05, 0.1) is 12.1 Å². The van der Waals surface area contributed by atoms with Crippen LogP contribution in [0.2, 0.25) is 0 Å². The normalized spacial score (nSPS) is 12.4. The number of nitriles is 1. The number of hydrogen-bond acceptors (Lipinski definition) is 2. The zero-order valence-corrected chi connectivity index (χ0v) is 10.4. The van der Waals surface area contributed by atoms with Crippen molar-refractivity contribution in [2.24, 2.45) is 5.92 Å². The van der Waals surface area contributed by atoms with Gasteiger partial charge in [0.25, 0.3) is 0 Å². The highest BCUT2D eigenvalue weighted by molar-refractivity contribution is 5.16. The van der Waals surface area contributed by atoms with Crippen molar-refractivity contribution < 1.29 is 4.39 Å². The van der Waals surface area contributed by atoms with Gasteiger partial charge >= 0.3 is 0 Å². The molecule has 0 aliphatic heterocycles. The molecule has 0 fully saturated rings. The van der Waals surface area contributed by atoms with Crippen LogP contribution in [0.4, 0.5) is 4.39 Å². The molecule has 17 heavy (non-hydrogen) atoms. The molecule has 0 spiro atoms. The van der Waals surface area contributed by atoms with E-state index in [1.165, 1.54) is 12.1 Å². The Hall–Kier alpha value is -1.40. The minimum atomic E-state index is -0.212. The Balaban J connectivity index is 2.31. The molecule has 0 radical (unpaired) electrons. The van der Waals surface area contributed by atoms with Crippen molar-refractivity contribution >= 4 is 0 Å². The Morgan fingerprint density at radius 2 is 1.94 bits per heavy atom. The second-order valence-electron chi connectivity index (χ2n) is 4.64. The number of nitrogens with one attached hydrogen (secondary N) is 1. The van der Waals surface area contributed by atoms with Crippen LogP contribution in [0.1, 0.15) is 25.8 Å². The van der Waals surface area contributed by atoms with E-state index in [0.29, 0.717) is 5.92 Å². The first-order valence-electron chi connectivity index (χ1n) is 5.99. The third-order valence-electron chi connectivity index (χ3n) is 2.58. The number of rotatable bonds is 6. The van der Waals surface area contributed by atoms with Crippen molar-refractivity contribution in [1.29, 1.82) is 5.26 Å². The van der Waals surface area contributed by atoms with Crippen LogP contribution in [-0.2, 0) is 6.42 Å². The molecule has 92 valence electrons. The predicted octanol–water partition coefficient (Wildman–Crippen LogP) is 2.90. The van der Waals surface area contributed by atoms with E-state index >= 15 is 0 Å². The lowest BCUT2D eigenvalue weighted by molar-refractivity contribution is 0.481. The van der Waals surface area contributed by atoms with Crippen LogP contribution >= 0.6 is 0 Å². The van der Waals surface area contributed by atoms with Gasteiger partial charge in [-0.1, -0.05) is 26.0 Å². The van der Waals surface area contributed by atoms with Gasteiger partial charge < -0.3 is 5.32 Å². The van der Waals surface area contributed by atoms with E-state index in [4.69, 9.17) is 5.26 Å². The minimum Gasteiger partial charge on any atom is -0.302 e. The monoisotopic (exact) mass is 234 g/mol. The zero-order valence-electron chi connectivity index (χ0n) is 10.4. The smallest absolute Gasteiger partial charge is 0.123 e. The Labute approximate surface area is 102 Å². The van der Waals surface area contributed by atoms with Crippen LogP contribution in [0.3, 0.4) is 0 Å². The fourth-order valence-electron chi connectivity index (χ4n) is 1.69. The van der Waals surface area contributed by atoms with Gasteiger partial charge in [-0.2, -0.15) is 5.26 Å². The number of hydrogen-bond donors (Lipinski definition) is 1. The second kappa shape index (κ2) is 7.03. The average molecular weight is 234 g/mol. The van der Waals surface area contributed by atoms with Gasteiger partial charge in [0.2, 0.25) is 0 Å². The third-order valence-corrected chi connectivity index (χ3v) is 2.58. The predicted molar refractivity (Wildman–Crippen MR) is 67.0 cm³/mol. The largest absolute Gasteiger partial charge is 0.302 e. The van der Waals surface area contributed by atoms with Gasteiger partial charge in [0.1, 0.15) is 5.82 Å². The van der Waals surface area contributed by atoms with E-state index < -0.39 is 0 Å². The van der Waals surface area contributed by atoms with E-state index in [1.807, 2.05) is 0 Å². The molecule has 1 unspecified atom stereocenters. The maximum atomic E-state index is 12.7. The molecule has 0 heterocycles. The van der Waals surface area contributed by atoms with Crippen molar-refractivity contribution in [2.75, 3.05) is 6.54 Å². The Bertz CT molecular complexity index is 365. The van der Waals surface area contributed by atoms with Crippen molar-refractivity contribution in [3.63, 3.8) is 0 Å². The summed E-state index contributed by atoms with van der Waals surface area (Å²) in [7, 11) is 0. The average Bonchev–Trinajstić information content (AvgIpc) is 2.30. The second-order valence-corrected chi connectivity index (χ2v) is 4.64. The molecule has 1 N–H and O–H groups in total. The topological polar surface area (TPSA) is 35.8 Å². The highest BCUT2D eigenvalue weighted by Crippen LogP contribution is 2.05. The quantitative estimate of drug-likeness (QED) is 0.821. The van der Waals surface area contributed by atoms with Crippen LogP contribution in [0, 0.1) is 23.1 Å². The lowest BCUT2D eigenvalue weighted by Gasteiger charge is -2.13. The summed E-state index contributed by atoms with van der Waals surface area (Å²) in [5, 5.41) is 12.2. The molecule has 0 saturated heterocycles. The molecule has 3 heteroatoms. The van der Waals surface area contributed by atoms with Crippen molar-refractivity contribution in [3.05, 3.63) is 35.6 Å². The molecule has 0 amide bonds. The van der Waals surface area contributed by atoms with E-state index in [9.17, 15) is 4.39 Å². The van der Waals surface area contributed by atoms with Gasteiger partial charge in [0.15, 0.2) is 0 Å². The fraction of sp³-hybridized carbons (Fsp3) is 0.500. The van der Waals surface area contributed by atoms with E-state index in [2.05, 4.69) is 25.2 Å². The molecule has 0 aromatic heterocycles. The summed E-state index contributed by atoms with van der Waals surface area (Å²) in [5.41, 5.74) is 1.08.